The SMILES string of the molecule is CCC(Sc1nnc(CCNC(=O)c2ccc(Cl)cc2)n1C)C(=O)Nc1ccccc1. The van der Waals surface area contributed by atoms with E-state index in [0.717, 1.165) is 11.5 Å². The van der Waals surface area contributed by atoms with E-state index in [1.54, 1.807) is 24.3 Å². The van der Waals surface area contributed by atoms with Crippen LogP contribution in [0.1, 0.15) is 29.5 Å². The zero-order valence-corrected chi connectivity index (χ0v) is 18.9. The van der Waals surface area contributed by atoms with Gasteiger partial charge < -0.3 is 15.2 Å². The molecule has 1 atom stereocenters. The highest BCUT2D eigenvalue weighted by molar-refractivity contribution is 8.00. The molecule has 9 heteroatoms. The summed E-state index contributed by atoms with van der Waals surface area (Å²) in [5, 5.41) is 15.2. The number of thioether (sulfide) groups is 1. The fraction of sp³-hybridized carbons (Fsp3) is 0.273. The third kappa shape index (κ3) is 6.32. The minimum absolute atomic E-state index is 0.0709. The zero-order chi connectivity index (χ0) is 22.2. The van der Waals surface area contributed by atoms with Gasteiger partial charge in [0.2, 0.25) is 5.91 Å². The Morgan fingerprint density at radius 3 is 2.48 bits per heavy atom. The molecule has 0 aliphatic carbocycles. The van der Waals surface area contributed by atoms with Gasteiger partial charge in [0.15, 0.2) is 5.16 Å². The van der Waals surface area contributed by atoms with Gasteiger partial charge in [-0.15, -0.1) is 10.2 Å². The van der Waals surface area contributed by atoms with Crippen LogP contribution < -0.4 is 10.6 Å². The minimum Gasteiger partial charge on any atom is -0.352 e. The molecular formula is C22H24ClN5O2S. The summed E-state index contributed by atoms with van der Waals surface area (Å²) in [7, 11) is 1.86. The predicted molar refractivity (Wildman–Crippen MR) is 123 cm³/mol. The number of rotatable bonds is 9. The molecule has 1 unspecified atom stereocenters. The summed E-state index contributed by atoms with van der Waals surface area (Å²) < 4.78 is 1.86. The van der Waals surface area contributed by atoms with Crippen LogP contribution in [0.25, 0.3) is 0 Å². The molecule has 0 aliphatic heterocycles. The number of halogens is 1. The quantitative estimate of drug-likeness (QED) is 0.475. The second kappa shape index (κ2) is 11.0. The van der Waals surface area contributed by atoms with Crippen molar-refractivity contribution in [1.29, 1.82) is 0 Å². The van der Waals surface area contributed by atoms with Crippen molar-refractivity contribution in [2.75, 3.05) is 11.9 Å². The van der Waals surface area contributed by atoms with Crippen LogP contribution in [0.2, 0.25) is 5.02 Å². The van der Waals surface area contributed by atoms with Crippen LogP contribution in [0.4, 0.5) is 5.69 Å². The number of hydrogen-bond donors (Lipinski definition) is 2. The van der Waals surface area contributed by atoms with Gasteiger partial charge in [-0.25, -0.2) is 0 Å². The molecule has 1 heterocycles. The molecule has 162 valence electrons. The van der Waals surface area contributed by atoms with Crippen LogP contribution in [0.5, 0.6) is 0 Å². The van der Waals surface area contributed by atoms with E-state index < -0.39 is 0 Å². The van der Waals surface area contributed by atoms with Gasteiger partial charge in [-0.2, -0.15) is 0 Å². The lowest BCUT2D eigenvalue weighted by Crippen LogP contribution is -2.26. The van der Waals surface area contributed by atoms with Gasteiger partial charge in [-0.3, -0.25) is 9.59 Å². The molecule has 0 bridgehead atoms. The molecule has 0 radical (unpaired) electrons. The lowest BCUT2D eigenvalue weighted by Gasteiger charge is -2.14. The predicted octanol–water partition coefficient (Wildman–Crippen LogP) is 3.95. The van der Waals surface area contributed by atoms with E-state index in [-0.39, 0.29) is 17.1 Å². The van der Waals surface area contributed by atoms with Crippen molar-refractivity contribution in [2.24, 2.45) is 7.05 Å². The molecule has 0 saturated carbocycles. The number of carbonyl (C=O) groups excluding carboxylic acids is 2. The average Bonchev–Trinajstić information content (AvgIpc) is 3.12. The highest BCUT2D eigenvalue weighted by atomic mass is 35.5. The lowest BCUT2D eigenvalue weighted by atomic mass is 10.2. The molecule has 31 heavy (non-hydrogen) atoms. The molecule has 7 nitrogen and oxygen atoms in total. The standard InChI is InChI=1S/C22H24ClN5O2S/c1-3-18(21(30)25-17-7-5-4-6-8-17)31-22-27-26-19(28(22)2)13-14-24-20(29)15-9-11-16(23)12-10-15/h4-12,18H,3,13-14H2,1-2H3,(H,24,29)(H,25,30). The zero-order valence-electron chi connectivity index (χ0n) is 17.3. The van der Waals surface area contributed by atoms with Crippen LogP contribution in [0.15, 0.2) is 59.8 Å². The van der Waals surface area contributed by atoms with Gasteiger partial charge in [-0.1, -0.05) is 48.5 Å². The van der Waals surface area contributed by atoms with E-state index in [9.17, 15) is 9.59 Å². The molecular weight excluding hydrogens is 434 g/mol. The Kier molecular flexibility index (Phi) is 8.08. The smallest absolute Gasteiger partial charge is 0.251 e. The number of anilines is 1. The number of carbonyl (C=O) groups is 2. The average molecular weight is 458 g/mol. The third-order valence-electron chi connectivity index (χ3n) is 4.62. The summed E-state index contributed by atoms with van der Waals surface area (Å²) in [5.41, 5.74) is 1.32. The Balaban J connectivity index is 1.54. The van der Waals surface area contributed by atoms with Crippen LogP contribution >= 0.6 is 23.4 Å². The Hall–Kier alpha value is -2.84. The Labute approximate surface area is 190 Å². The molecule has 0 spiro atoms. The maximum atomic E-state index is 12.6. The summed E-state index contributed by atoms with van der Waals surface area (Å²) in [6.07, 6.45) is 1.18. The molecule has 3 aromatic rings. The van der Waals surface area contributed by atoms with E-state index in [2.05, 4.69) is 20.8 Å². The van der Waals surface area contributed by atoms with Gasteiger partial charge in [0.05, 0.1) is 5.25 Å². The Morgan fingerprint density at radius 1 is 1.10 bits per heavy atom. The van der Waals surface area contributed by atoms with Crippen molar-refractivity contribution in [3.05, 3.63) is 71.0 Å². The fourth-order valence-electron chi connectivity index (χ4n) is 2.85. The Morgan fingerprint density at radius 2 is 1.81 bits per heavy atom. The number of aromatic nitrogens is 3. The van der Waals surface area contributed by atoms with Gasteiger partial charge in [0, 0.05) is 36.3 Å². The highest BCUT2D eigenvalue weighted by Gasteiger charge is 2.21. The maximum absolute atomic E-state index is 12.6. The van der Waals surface area contributed by atoms with E-state index in [4.69, 9.17) is 11.6 Å². The summed E-state index contributed by atoms with van der Waals surface area (Å²) in [6.45, 7) is 2.38. The monoisotopic (exact) mass is 457 g/mol. The highest BCUT2D eigenvalue weighted by Crippen LogP contribution is 2.25. The normalized spacial score (nSPS) is 11.7. The summed E-state index contributed by atoms with van der Waals surface area (Å²) in [6, 6.07) is 16.1. The van der Waals surface area contributed by atoms with Gasteiger partial charge in [-0.05, 0) is 42.8 Å². The fourth-order valence-corrected chi connectivity index (χ4v) is 3.91. The number of amides is 2. The van der Waals surface area contributed by atoms with Crippen LogP contribution in [-0.4, -0.2) is 38.4 Å². The van der Waals surface area contributed by atoms with E-state index in [1.807, 2.05) is 48.9 Å². The van der Waals surface area contributed by atoms with Crippen LogP contribution in [0, 0.1) is 0 Å². The summed E-state index contributed by atoms with van der Waals surface area (Å²) >= 11 is 7.23. The second-order valence-corrected chi connectivity index (χ2v) is 8.45. The van der Waals surface area contributed by atoms with Gasteiger partial charge in [0.25, 0.3) is 5.91 Å². The van der Waals surface area contributed by atoms with Crippen molar-refractivity contribution in [1.82, 2.24) is 20.1 Å². The Bertz CT molecular complexity index is 1020. The van der Waals surface area contributed by atoms with Crippen molar-refractivity contribution < 1.29 is 9.59 Å². The number of hydrogen-bond acceptors (Lipinski definition) is 5. The molecule has 0 saturated heterocycles. The van der Waals surface area contributed by atoms with Crippen molar-refractivity contribution in [3.8, 4) is 0 Å². The van der Waals surface area contributed by atoms with Gasteiger partial charge in [0.1, 0.15) is 5.82 Å². The number of para-hydroxylation sites is 1. The van der Waals surface area contributed by atoms with E-state index in [0.29, 0.717) is 35.1 Å². The number of nitrogens with zero attached hydrogens (tertiary/aromatic N) is 3. The summed E-state index contributed by atoms with van der Waals surface area (Å²) in [5.74, 6) is 0.493. The molecule has 0 fully saturated rings. The molecule has 2 N–H and O–H groups in total. The molecule has 2 amide bonds. The van der Waals surface area contributed by atoms with Crippen molar-refractivity contribution in [2.45, 2.75) is 30.2 Å². The minimum atomic E-state index is -0.291. The van der Waals surface area contributed by atoms with Crippen molar-refractivity contribution in [3.63, 3.8) is 0 Å². The first kappa shape index (κ1) is 22.8. The second-order valence-electron chi connectivity index (χ2n) is 6.84. The first-order chi connectivity index (χ1) is 15.0. The molecule has 3 rings (SSSR count). The van der Waals surface area contributed by atoms with E-state index in [1.165, 1.54) is 11.8 Å². The van der Waals surface area contributed by atoms with Gasteiger partial charge >= 0.3 is 0 Å². The van der Waals surface area contributed by atoms with E-state index >= 15 is 0 Å². The maximum Gasteiger partial charge on any atom is 0.251 e. The number of nitrogens with one attached hydrogen (secondary N) is 2. The van der Waals surface area contributed by atoms with Crippen molar-refractivity contribution >= 4 is 40.9 Å². The molecule has 2 aromatic carbocycles. The third-order valence-corrected chi connectivity index (χ3v) is 6.27. The summed E-state index contributed by atoms with van der Waals surface area (Å²) in [4.78, 5) is 24.8. The van der Waals surface area contributed by atoms with Crippen LogP contribution in [-0.2, 0) is 18.3 Å². The largest absolute Gasteiger partial charge is 0.352 e. The number of benzene rings is 2. The lowest BCUT2D eigenvalue weighted by molar-refractivity contribution is -0.115. The first-order valence-corrected chi connectivity index (χ1v) is 11.2. The molecule has 1 aromatic heterocycles. The molecule has 0 aliphatic rings. The van der Waals surface area contributed by atoms with Crippen LogP contribution in [0.3, 0.4) is 0 Å². The first-order valence-electron chi connectivity index (χ1n) is 9.92. The topological polar surface area (TPSA) is 88.9 Å².